The van der Waals surface area contributed by atoms with Crippen molar-refractivity contribution >= 4 is 0 Å². The number of allylic oxidation sites excluding steroid dienone is 3. The number of hydrogen-bond acceptors (Lipinski definition) is 0. The summed E-state index contributed by atoms with van der Waals surface area (Å²) in [7, 11) is 0. The van der Waals surface area contributed by atoms with Crippen molar-refractivity contribution in [3.05, 3.63) is 59.7 Å². The SMILES string of the molecule is C=C(CC)CCC1CCC(C=CC2CCC(c3ccc(F)c(F)c3)CC2)CC1. The minimum Gasteiger partial charge on any atom is -0.204 e. The minimum absolute atomic E-state index is 0.382. The molecule has 0 aromatic heterocycles. The Hall–Kier alpha value is -1.44. The molecule has 0 saturated heterocycles. The van der Waals surface area contributed by atoms with Gasteiger partial charge >= 0.3 is 0 Å². The second-order valence-electron chi connectivity index (χ2n) is 9.09. The van der Waals surface area contributed by atoms with Crippen LogP contribution in [0.25, 0.3) is 0 Å². The Morgan fingerprint density at radius 1 is 0.929 bits per heavy atom. The van der Waals surface area contributed by atoms with Gasteiger partial charge in [-0.2, -0.15) is 0 Å². The molecular formula is C26H36F2. The van der Waals surface area contributed by atoms with Gasteiger partial charge in [-0.25, -0.2) is 8.78 Å². The Balaban J connectivity index is 1.38. The van der Waals surface area contributed by atoms with Crippen molar-refractivity contribution in [1.82, 2.24) is 0 Å². The predicted molar refractivity (Wildman–Crippen MR) is 114 cm³/mol. The summed E-state index contributed by atoms with van der Waals surface area (Å²) in [5.74, 6) is 1.24. The Bertz CT molecular complexity index is 659. The largest absolute Gasteiger partial charge is 0.204 e. The average Bonchev–Trinajstić information content (AvgIpc) is 2.73. The quantitative estimate of drug-likeness (QED) is 0.413. The smallest absolute Gasteiger partial charge is 0.159 e. The summed E-state index contributed by atoms with van der Waals surface area (Å²) in [6.45, 7) is 6.34. The molecule has 2 aliphatic carbocycles. The molecule has 28 heavy (non-hydrogen) atoms. The lowest BCUT2D eigenvalue weighted by molar-refractivity contribution is 0.294. The lowest BCUT2D eigenvalue weighted by Crippen LogP contribution is -2.15. The highest BCUT2D eigenvalue weighted by Gasteiger charge is 2.23. The first-order valence-corrected chi connectivity index (χ1v) is 11.3. The highest BCUT2D eigenvalue weighted by Crippen LogP contribution is 2.38. The van der Waals surface area contributed by atoms with Crippen LogP contribution < -0.4 is 0 Å². The van der Waals surface area contributed by atoms with E-state index in [4.69, 9.17) is 0 Å². The topological polar surface area (TPSA) is 0 Å². The zero-order chi connectivity index (χ0) is 19.9. The molecule has 1 aromatic carbocycles. The number of rotatable bonds is 7. The van der Waals surface area contributed by atoms with E-state index in [1.54, 1.807) is 6.07 Å². The van der Waals surface area contributed by atoms with Crippen LogP contribution >= 0.6 is 0 Å². The number of halogens is 2. The molecule has 0 radical (unpaired) electrons. The molecular weight excluding hydrogens is 350 g/mol. The average molecular weight is 387 g/mol. The molecule has 0 bridgehead atoms. The molecule has 0 unspecified atom stereocenters. The van der Waals surface area contributed by atoms with Gasteiger partial charge in [0.1, 0.15) is 0 Å². The van der Waals surface area contributed by atoms with Gasteiger partial charge in [0.2, 0.25) is 0 Å². The third-order valence-corrected chi connectivity index (χ3v) is 7.14. The van der Waals surface area contributed by atoms with Gasteiger partial charge in [0.15, 0.2) is 11.6 Å². The van der Waals surface area contributed by atoms with Crippen molar-refractivity contribution in [3.63, 3.8) is 0 Å². The standard InChI is InChI=1S/C26H36F2/c1-3-19(2)4-5-20-6-8-21(9-7-20)10-11-22-12-14-23(15-13-22)24-16-17-25(27)26(28)18-24/h10-11,16-18,20-23H,2-9,12-15H2,1H3. The Morgan fingerprint density at radius 3 is 2.11 bits per heavy atom. The molecule has 2 aliphatic rings. The van der Waals surface area contributed by atoms with Crippen molar-refractivity contribution < 1.29 is 8.78 Å². The maximum atomic E-state index is 13.5. The van der Waals surface area contributed by atoms with E-state index >= 15 is 0 Å². The van der Waals surface area contributed by atoms with E-state index in [2.05, 4.69) is 25.7 Å². The molecule has 0 amide bonds. The van der Waals surface area contributed by atoms with Crippen molar-refractivity contribution in [2.24, 2.45) is 17.8 Å². The van der Waals surface area contributed by atoms with Gasteiger partial charge in [-0.1, -0.05) is 37.3 Å². The van der Waals surface area contributed by atoms with Crippen molar-refractivity contribution in [1.29, 1.82) is 0 Å². The van der Waals surface area contributed by atoms with E-state index < -0.39 is 11.6 Å². The molecule has 0 spiro atoms. The molecule has 2 saturated carbocycles. The summed E-state index contributed by atoms with van der Waals surface area (Å²) >= 11 is 0. The first-order chi connectivity index (χ1) is 13.5. The maximum absolute atomic E-state index is 13.5. The molecule has 0 atom stereocenters. The van der Waals surface area contributed by atoms with Gasteiger partial charge < -0.3 is 0 Å². The molecule has 0 aliphatic heterocycles. The van der Waals surface area contributed by atoms with Gasteiger partial charge in [0.05, 0.1) is 0 Å². The fourth-order valence-electron chi connectivity index (χ4n) is 4.98. The minimum atomic E-state index is -0.745. The zero-order valence-corrected chi connectivity index (χ0v) is 17.4. The lowest BCUT2D eigenvalue weighted by atomic mass is 9.76. The van der Waals surface area contributed by atoms with Gasteiger partial charge in [-0.05, 0) is 112 Å². The van der Waals surface area contributed by atoms with E-state index in [1.165, 1.54) is 56.2 Å². The number of benzene rings is 1. The molecule has 0 nitrogen and oxygen atoms in total. The summed E-state index contributed by atoms with van der Waals surface area (Å²) in [6, 6.07) is 4.42. The lowest BCUT2D eigenvalue weighted by Gasteiger charge is -2.29. The molecule has 0 heterocycles. The Labute approximate surface area is 170 Å². The van der Waals surface area contributed by atoms with Gasteiger partial charge in [-0.3, -0.25) is 0 Å². The van der Waals surface area contributed by atoms with Crippen LogP contribution in [0, 0.1) is 29.4 Å². The Morgan fingerprint density at radius 2 is 1.54 bits per heavy atom. The fraction of sp³-hybridized carbons (Fsp3) is 0.615. The van der Waals surface area contributed by atoms with Crippen LogP contribution in [0.15, 0.2) is 42.5 Å². The summed E-state index contributed by atoms with van der Waals surface area (Å²) in [5, 5.41) is 0. The first-order valence-electron chi connectivity index (χ1n) is 11.3. The molecule has 2 heteroatoms. The van der Waals surface area contributed by atoms with Crippen LogP contribution in [0.3, 0.4) is 0 Å². The van der Waals surface area contributed by atoms with Gasteiger partial charge in [0.25, 0.3) is 0 Å². The third kappa shape index (κ3) is 6.03. The first kappa shape index (κ1) is 21.3. The maximum Gasteiger partial charge on any atom is 0.159 e. The molecule has 1 aromatic rings. The van der Waals surface area contributed by atoms with Crippen molar-refractivity contribution in [3.8, 4) is 0 Å². The van der Waals surface area contributed by atoms with Crippen LogP contribution in [0.2, 0.25) is 0 Å². The highest BCUT2D eigenvalue weighted by atomic mass is 19.2. The van der Waals surface area contributed by atoms with Crippen LogP contribution in [-0.4, -0.2) is 0 Å². The highest BCUT2D eigenvalue weighted by molar-refractivity contribution is 5.22. The van der Waals surface area contributed by atoms with E-state index in [0.717, 1.165) is 49.5 Å². The summed E-state index contributed by atoms with van der Waals surface area (Å²) in [6.07, 6.45) is 18.5. The number of hydrogen-bond donors (Lipinski definition) is 0. The molecule has 2 fully saturated rings. The fourth-order valence-corrected chi connectivity index (χ4v) is 4.98. The van der Waals surface area contributed by atoms with Crippen molar-refractivity contribution in [2.45, 2.75) is 83.5 Å². The van der Waals surface area contributed by atoms with Crippen molar-refractivity contribution in [2.75, 3.05) is 0 Å². The molecule has 154 valence electrons. The van der Waals surface area contributed by atoms with Gasteiger partial charge in [0, 0.05) is 0 Å². The predicted octanol–water partition coefficient (Wildman–Crippen LogP) is 8.35. The zero-order valence-electron chi connectivity index (χ0n) is 17.4. The van der Waals surface area contributed by atoms with Crippen LogP contribution in [0.4, 0.5) is 8.78 Å². The van der Waals surface area contributed by atoms with Crippen LogP contribution in [0.1, 0.15) is 89.0 Å². The van der Waals surface area contributed by atoms with Crippen LogP contribution in [0.5, 0.6) is 0 Å². The Kier molecular flexibility index (Phi) is 7.88. The second-order valence-corrected chi connectivity index (χ2v) is 9.09. The summed E-state index contributed by atoms with van der Waals surface area (Å²) in [5.41, 5.74) is 2.37. The third-order valence-electron chi connectivity index (χ3n) is 7.14. The molecule has 0 N–H and O–H groups in total. The monoisotopic (exact) mass is 386 g/mol. The normalized spacial score (nSPS) is 28.5. The summed E-state index contributed by atoms with van der Waals surface area (Å²) in [4.78, 5) is 0. The van der Waals surface area contributed by atoms with Gasteiger partial charge in [-0.15, -0.1) is 0 Å². The summed E-state index contributed by atoms with van der Waals surface area (Å²) < 4.78 is 26.6. The van der Waals surface area contributed by atoms with E-state index in [0.29, 0.717) is 11.8 Å². The van der Waals surface area contributed by atoms with E-state index in [1.807, 2.05) is 0 Å². The molecule has 3 rings (SSSR count). The van der Waals surface area contributed by atoms with Crippen LogP contribution in [-0.2, 0) is 0 Å². The van der Waals surface area contributed by atoms with E-state index in [9.17, 15) is 8.78 Å². The van der Waals surface area contributed by atoms with E-state index in [-0.39, 0.29) is 0 Å². The second kappa shape index (κ2) is 10.4.